The molecule has 3 aromatic rings. The molecule has 0 aliphatic heterocycles. The normalized spacial score (nSPS) is 11.8. The minimum Gasteiger partial charge on any atom is -0.454 e. The van der Waals surface area contributed by atoms with Gasteiger partial charge in [-0.15, -0.1) is 0 Å². The van der Waals surface area contributed by atoms with E-state index in [1.54, 1.807) is 22.4 Å². The molecule has 0 radical (unpaired) electrons. The number of halogens is 4. The van der Waals surface area contributed by atoms with Crippen LogP contribution >= 0.6 is 58.7 Å². The number of hydrogen-bond donors (Lipinski definition) is 3. The molecule has 3 N–H and O–H groups in total. The van der Waals surface area contributed by atoms with Crippen molar-refractivity contribution in [1.29, 1.82) is 5.41 Å². The second kappa shape index (κ2) is 10.4. The minimum atomic E-state index is -0.639. The van der Waals surface area contributed by atoms with Gasteiger partial charge in [-0.2, -0.15) is 0 Å². The van der Waals surface area contributed by atoms with Gasteiger partial charge in [0.05, 0.1) is 17.8 Å². The number of nitrogens with zero attached hydrogens (tertiary/aromatic N) is 1. The summed E-state index contributed by atoms with van der Waals surface area (Å²) < 4.78 is 36.4. The predicted molar refractivity (Wildman–Crippen MR) is 133 cm³/mol. The van der Waals surface area contributed by atoms with Crippen LogP contribution in [0.5, 0.6) is 11.5 Å². The fraction of sp³-hybridized carbons (Fsp3) is 0.0556. The van der Waals surface area contributed by atoms with E-state index in [0.717, 1.165) is 0 Å². The Bertz CT molecular complexity index is 1090. The van der Waals surface area contributed by atoms with E-state index in [-0.39, 0.29) is 22.8 Å². The number of aliphatic hydroxyl groups is 1. The highest BCUT2D eigenvalue weighted by molar-refractivity contribution is 14.2. The SMILES string of the molecule is N=C(/C=C\NPI)c1cc(Oc2c(F)cc3c(ccn3SI)c2CO)ccc1F. The molecule has 3 rings (SSSR count). The molecule has 0 aliphatic rings. The maximum atomic E-state index is 14.8. The lowest BCUT2D eigenvalue weighted by Crippen LogP contribution is -2.02. The molecule has 1 aromatic heterocycles. The van der Waals surface area contributed by atoms with E-state index in [1.165, 1.54) is 39.5 Å². The second-order valence-electron chi connectivity index (χ2n) is 5.70. The number of nitrogens with one attached hydrogen (secondary N) is 2. The van der Waals surface area contributed by atoms with Crippen LogP contribution in [0.15, 0.2) is 48.8 Å². The zero-order valence-electron chi connectivity index (χ0n) is 14.5. The number of rotatable bonds is 8. The largest absolute Gasteiger partial charge is 0.454 e. The maximum Gasteiger partial charge on any atom is 0.169 e. The van der Waals surface area contributed by atoms with Gasteiger partial charge in [-0.3, -0.25) is 3.97 Å². The lowest BCUT2D eigenvalue weighted by molar-refractivity contribution is 0.276. The van der Waals surface area contributed by atoms with E-state index in [2.05, 4.69) is 48.3 Å². The monoisotopic (exact) mass is 659 g/mol. The van der Waals surface area contributed by atoms with Crippen molar-refractivity contribution in [1.82, 2.24) is 9.06 Å². The van der Waals surface area contributed by atoms with Crippen molar-refractivity contribution in [2.75, 3.05) is 0 Å². The van der Waals surface area contributed by atoms with E-state index in [9.17, 15) is 13.9 Å². The van der Waals surface area contributed by atoms with E-state index in [4.69, 9.17) is 10.1 Å². The highest BCUT2D eigenvalue weighted by Gasteiger charge is 2.19. The molecule has 5 nitrogen and oxygen atoms in total. The predicted octanol–water partition coefficient (Wildman–Crippen LogP) is 6.47. The van der Waals surface area contributed by atoms with Crippen molar-refractivity contribution in [3.05, 3.63) is 71.6 Å². The Morgan fingerprint density at radius 1 is 1.31 bits per heavy atom. The quantitative estimate of drug-likeness (QED) is 0.148. The third-order valence-corrected chi connectivity index (χ3v) is 6.99. The van der Waals surface area contributed by atoms with Crippen LogP contribution < -0.4 is 9.82 Å². The van der Waals surface area contributed by atoms with E-state index in [1.807, 2.05) is 0 Å². The first-order valence-corrected chi connectivity index (χ1v) is 15.5. The van der Waals surface area contributed by atoms with Crippen LogP contribution in [0.3, 0.4) is 0 Å². The van der Waals surface area contributed by atoms with Crippen molar-refractivity contribution in [2.24, 2.45) is 0 Å². The highest BCUT2D eigenvalue weighted by atomic mass is 127. The third kappa shape index (κ3) is 5.04. The summed E-state index contributed by atoms with van der Waals surface area (Å²) in [5.74, 6) is -1.18. The van der Waals surface area contributed by atoms with Crippen molar-refractivity contribution >= 4 is 75.4 Å². The second-order valence-corrected chi connectivity index (χ2v) is 9.51. The fourth-order valence-corrected chi connectivity index (χ4v) is 4.79. The zero-order valence-corrected chi connectivity index (χ0v) is 20.7. The van der Waals surface area contributed by atoms with Crippen molar-refractivity contribution in [2.45, 2.75) is 6.61 Å². The number of aliphatic hydroxyl groups excluding tert-OH is 1. The Balaban J connectivity index is 2.00. The number of ether oxygens (including phenoxy) is 1. The van der Waals surface area contributed by atoms with E-state index < -0.39 is 18.2 Å². The van der Waals surface area contributed by atoms with Gasteiger partial charge in [0.25, 0.3) is 0 Å². The molecule has 1 atom stereocenters. The summed E-state index contributed by atoms with van der Waals surface area (Å²) in [5.41, 5.74) is 0.896. The Morgan fingerprint density at radius 3 is 2.79 bits per heavy atom. The summed E-state index contributed by atoms with van der Waals surface area (Å²) in [7, 11) is 1.38. The van der Waals surface area contributed by atoms with Gasteiger partial charge in [-0.05, 0) is 52.4 Å². The molecule has 1 heterocycles. The Morgan fingerprint density at radius 2 is 2.10 bits per heavy atom. The summed E-state index contributed by atoms with van der Waals surface area (Å²) in [5, 5.41) is 21.5. The molecule has 1 unspecified atom stereocenters. The Hall–Kier alpha value is -0.950. The van der Waals surface area contributed by atoms with Gasteiger partial charge in [0.15, 0.2) is 11.6 Å². The number of benzene rings is 2. The van der Waals surface area contributed by atoms with Gasteiger partial charge in [0.1, 0.15) is 11.6 Å². The van der Waals surface area contributed by atoms with Crippen molar-refractivity contribution in [3.8, 4) is 11.5 Å². The number of aromatic nitrogens is 1. The first-order chi connectivity index (χ1) is 14.0. The molecule has 0 aliphatic carbocycles. The highest BCUT2D eigenvalue weighted by Crippen LogP contribution is 2.37. The molecule has 0 bridgehead atoms. The molecule has 0 fully saturated rings. The lowest BCUT2D eigenvalue weighted by atomic mass is 10.1. The molecule has 11 heteroatoms. The Labute approximate surface area is 196 Å². The van der Waals surface area contributed by atoms with Gasteiger partial charge in [0, 0.05) is 71.7 Å². The summed E-state index contributed by atoms with van der Waals surface area (Å²) >= 11 is 4.22. The fourth-order valence-electron chi connectivity index (χ4n) is 2.74. The molecule has 0 spiro atoms. The third-order valence-electron chi connectivity index (χ3n) is 4.04. The van der Waals surface area contributed by atoms with Crippen LogP contribution in [-0.2, 0) is 6.61 Å². The van der Waals surface area contributed by atoms with Crippen LogP contribution in [0, 0.1) is 17.0 Å². The number of hydrogen-bond acceptors (Lipinski definition) is 5. The van der Waals surface area contributed by atoms with Gasteiger partial charge in [-0.1, -0.05) is 0 Å². The van der Waals surface area contributed by atoms with Crippen LogP contribution in [-0.4, -0.2) is 14.8 Å². The molecular formula is C18H14F2I2N3O2PS. The smallest absolute Gasteiger partial charge is 0.169 e. The molecule has 29 heavy (non-hydrogen) atoms. The minimum absolute atomic E-state index is 0.0249. The molecule has 2 aromatic carbocycles. The molecule has 0 saturated heterocycles. The number of allylic oxidation sites excluding steroid dienone is 1. The zero-order chi connectivity index (χ0) is 21.0. The summed E-state index contributed by atoms with van der Waals surface area (Å²) in [6.07, 6.45) is 5.20. The summed E-state index contributed by atoms with van der Waals surface area (Å²) in [6, 6.07) is 6.97. The lowest BCUT2D eigenvalue weighted by Gasteiger charge is -2.14. The van der Waals surface area contributed by atoms with Crippen LogP contribution in [0.1, 0.15) is 11.1 Å². The molecule has 0 amide bonds. The van der Waals surface area contributed by atoms with Crippen molar-refractivity contribution < 1.29 is 18.6 Å². The van der Waals surface area contributed by atoms with Gasteiger partial charge in [0.2, 0.25) is 0 Å². The van der Waals surface area contributed by atoms with Crippen LogP contribution in [0.4, 0.5) is 8.78 Å². The van der Waals surface area contributed by atoms with E-state index >= 15 is 0 Å². The van der Waals surface area contributed by atoms with Gasteiger partial charge >= 0.3 is 0 Å². The average Bonchev–Trinajstić information content (AvgIpc) is 3.12. The average molecular weight is 659 g/mol. The topological polar surface area (TPSA) is 70.3 Å². The summed E-state index contributed by atoms with van der Waals surface area (Å²) in [6.45, 7) is -0.422. The standard InChI is InChI=1S/C18H14F2I2N3O2PS/c19-14-2-1-10(7-12(14)16(23)3-5-24-28-21)27-18-13(9-26)11-4-6-25(29-22)17(11)8-15(18)20/h1-8,23-24,26,28H,9H2/b5-3-,23-16?. The molecular weight excluding hydrogens is 645 g/mol. The first-order valence-electron chi connectivity index (χ1n) is 8.06. The van der Waals surface area contributed by atoms with Crippen LogP contribution in [0.2, 0.25) is 0 Å². The van der Waals surface area contributed by atoms with Gasteiger partial charge < -0.3 is 20.3 Å². The Kier molecular flexibility index (Phi) is 8.14. The number of fused-ring (bicyclic) bond motifs is 1. The van der Waals surface area contributed by atoms with E-state index in [0.29, 0.717) is 22.8 Å². The molecule has 0 saturated carbocycles. The maximum absolute atomic E-state index is 14.8. The van der Waals surface area contributed by atoms with Gasteiger partial charge in [-0.25, -0.2) is 8.78 Å². The van der Waals surface area contributed by atoms with Crippen LogP contribution in [0.25, 0.3) is 10.9 Å². The summed E-state index contributed by atoms with van der Waals surface area (Å²) in [4.78, 5) is 0. The first kappa shape index (κ1) is 22.7. The van der Waals surface area contributed by atoms with Crippen molar-refractivity contribution in [3.63, 3.8) is 0 Å². The molecule has 152 valence electrons.